The van der Waals surface area contributed by atoms with Gasteiger partial charge in [-0.15, -0.1) is 11.8 Å². The standard InChI is InChI=1S/C15H30N2OS/c1-5-10-17(11-13-8-6-7-9-16-13)14(18)12-19-15(2,3)4/h13,16H,5-12H2,1-4H3. The van der Waals surface area contributed by atoms with Crippen molar-refractivity contribution in [1.29, 1.82) is 0 Å². The lowest BCUT2D eigenvalue weighted by Crippen LogP contribution is -2.46. The van der Waals surface area contributed by atoms with Crippen LogP contribution in [0, 0.1) is 0 Å². The highest BCUT2D eigenvalue weighted by Gasteiger charge is 2.21. The summed E-state index contributed by atoms with van der Waals surface area (Å²) in [7, 11) is 0. The van der Waals surface area contributed by atoms with E-state index in [0.29, 0.717) is 17.7 Å². The number of amides is 1. The molecule has 1 aliphatic rings. The van der Waals surface area contributed by atoms with Gasteiger partial charge in [-0.1, -0.05) is 34.1 Å². The summed E-state index contributed by atoms with van der Waals surface area (Å²) >= 11 is 1.75. The van der Waals surface area contributed by atoms with E-state index >= 15 is 0 Å². The maximum atomic E-state index is 12.3. The van der Waals surface area contributed by atoms with E-state index in [9.17, 15) is 4.79 Å². The molecule has 0 bridgehead atoms. The fourth-order valence-corrected chi connectivity index (χ4v) is 3.04. The summed E-state index contributed by atoms with van der Waals surface area (Å²) in [6.07, 6.45) is 4.82. The highest BCUT2D eigenvalue weighted by molar-refractivity contribution is 8.01. The van der Waals surface area contributed by atoms with Crippen molar-refractivity contribution in [3.63, 3.8) is 0 Å². The summed E-state index contributed by atoms with van der Waals surface area (Å²) in [4.78, 5) is 14.4. The Hall–Kier alpha value is -0.220. The van der Waals surface area contributed by atoms with Gasteiger partial charge in [-0.05, 0) is 25.8 Å². The molecular formula is C15H30N2OS. The van der Waals surface area contributed by atoms with Crippen molar-refractivity contribution in [2.24, 2.45) is 0 Å². The maximum absolute atomic E-state index is 12.3. The fraction of sp³-hybridized carbons (Fsp3) is 0.933. The Balaban J connectivity index is 2.43. The van der Waals surface area contributed by atoms with E-state index in [1.165, 1.54) is 19.3 Å². The summed E-state index contributed by atoms with van der Waals surface area (Å²) in [6, 6.07) is 0.504. The predicted molar refractivity (Wildman–Crippen MR) is 84.7 cm³/mol. The molecule has 1 saturated heterocycles. The van der Waals surface area contributed by atoms with Gasteiger partial charge in [0.05, 0.1) is 5.75 Å². The Labute approximate surface area is 122 Å². The van der Waals surface area contributed by atoms with Gasteiger partial charge in [0.2, 0.25) is 5.91 Å². The first kappa shape index (κ1) is 16.8. The highest BCUT2D eigenvalue weighted by Crippen LogP contribution is 2.23. The number of carbonyl (C=O) groups excluding carboxylic acids is 1. The summed E-state index contributed by atoms with van der Waals surface area (Å²) < 4.78 is 0.163. The lowest BCUT2D eigenvalue weighted by atomic mass is 10.0. The zero-order valence-corrected chi connectivity index (χ0v) is 13.8. The Kier molecular flexibility index (Phi) is 7.22. The number of hydrogen-bond donors (Lipinski definition) is 1. The lowest BCUT2D eigenvalue weighted by Gasteiger charge is -2.31. The van der Waals surface area contributed by atoms with Crippen molar-refractivity contribution in [2.75, 3.05) is 25.4 Å². The van der Waals surface area contributed by atoms with Crippen LogP contribution in [0.3, 0.4) is 0 Å². The van der Waals surface area contributed by atoms with Gasteiger partial charge in [0.1, 0.15) is 0 Å². The molecule has 1 rings (SSSR count). The molecule has 1 amide bonds. The molecule has 1 heterocycles. The summed E-state index contributed by atoms with van der Waals surface area (Å²) in [5.41, 5.74) is 0. The van der Waals surface area contributed by atoms with Crippen LogP contribution in [0.2, 0.25) is 0 Å². The van der Waals surface area contributed by atoms with Gasteiger partial charge >= 0.3 is 0 Å². The van der Waals surface area contributed by atoms with Crippen molar-refractivity contribution in [2.45, 2.75) is 64.2 Å². The van der Waals surface area contributed by atoms with Crippen molar-refractivity contribution >= 4 is 17.7 Å². The molecule has 0 aromatic carbocycles. The summed E-state index contributed by atoms with van der Waals surface area (Å²) in [6.45, 7) is 11.5. The molecule has 1 unspecified atom stereocenters. The number of piperidine rings is 1. The molecule has 3 nitrogen and oxygen atoms in total. The van der Waals surface area contributed by atoms with E-state index in [0.717, 1.165) is 26.1 Å². The zero-order valence-electron chi connectivity index (χ0n) is 13.0. The average Bonchev–Trinajstić information content (AvgIpc) is 2.36. The highest BCUT2D eigenvalue weighted by atomic mass is 32.2. The lowest BCUT2D eigenvalue weighted by molar-refractivity contribution is -0.128. The molecule has 4 heteroatoms. The van der Waals surface area contributed by atoms with Crippen LogP contribution in [0.15, 0.2) is 0 Å². The molecule has 0 spiro atoms. The van der Waals surface area contributed by atoms with Crippen molar-refractivity contribution in [3.05, 3.63) is 0 Å². The Morgan fingerprint density at radius 3 is 2.63 bits per heavy atom. The third-order valence-electron chi connectivity index (χ3n) is 3.33. The van der Waals surface area contributed by atoms with Crippen LogP contribution in [0.5, 0.6) is 0 Å². The summed E-state index contributed by atoms with van der Waals surface area (Å²) in [5, 5.41) is 3.53. The normalized spacial score (nSPS) is 20.3. The van der Waals surface area contributed by atoms with E-state index in [4.69, 9.17) is 0 Å². The van der Waals surface area contributed by atoms with Crippen molar-refractivity contribution < 1.29 is 4.79 Å². The van der Waals surface area contributed by atoms with Crippen LogP contribution in [0.1, 0.15) is 53.4 Å². The van der Waals surface area contributed by atoms with Gasteiger partial charge in [0.25, 0.3) is 0 Å². The number of rotatable bonds is 6. The van der Waals surface area contributed by atoms with Gasteiger partial charge < -0.3 is 10.2 Å². The number of carbonyl (C=O) groups is 1. The predicted octanol–water partition coefficient (Wildman–Crippen LogP) is 2.90. The monoisotopic (exact) mass is 286 g/mol. The van der Waals surface area contributed by atoms with Crippen LogP contribution < -0.4 is 5.32 Å². The third-order valence-corrected chi connectivity index (χ3v) is 4.59. The van der Waals surface area contributed by atoms with Gasteiger partial charge in [0.15, 0.2) is 0 Å². The van der Waals surface area contributed by atoms with Crippen LogP contribution in [-0.2, 0) is 4.79 Å². The molecular weight excluding hydrogens is 256 g/mol. The van der Waals surface area contributed by atoms with Crippen LogP contribution >= 0.6 is 11.8 Å². The molecule has 0 aromatic heterocycles. The molecule has 1 atom stereocenters. The zero-order chi connectivity index (χ0) is 14.3. The Bertz CT molecular complexity index is 270. The van der Waals surface area contributed by atoms with Gasteiger partial charge in [-0.25, -0.2) is 0 Å². The minimum atomic E-state index is 0.163. The minimum absolute atomic E-state index is 0.163. The molecule has 112 valence electrons. The molecule has 0 radical (unpaired) electrons. The first-order valence-electron chi connectivity index (χ1n) is 7.57. The Morgan fingerprint density at radius 2 is 2.11 bits per heavy atom. The molecule has 1 aliphatic heterocycles. The first-order valence-corrected chi connectivity index (χ1v) is 8.56. The number of hydrogen-bond acceptors (Lipinski definition) is 3. The second-order valence-electron chi connectivity index (χ2n) is 6.39. The molecule has 0 aromatic rings. The minimum Gasteiger partial charge on any atom is -0.340 e. The molecule has 0 aliphatic carbocycles. The van der Waals surface area contributed by atoms with Gasteiger partial charge in [-0.3, -0.25) is 4.79 Å². The van der Waals surface area contributed by atoms with E-state index in [1.807, 2.05) is 0 Å². The van der Waals surface area contributed by atoms with Crippen molar-refractivity contribution in [3.8, 4) is 0 Å². The largest absolute Gasteiger partial charge is 0.340 e. The number of thioether (sulfide) groups is 1. The fourth-order valence-electron chi connectivity index (χ4n) is 2.30. The average molecular weight is 286 g/mol. The molecule has 0 saturated carbocycles. The van der Waals surface area contributed by atoms with Crippen LogP contribution in [0.4, 0.5) is 0 Å². The number of nitrogens with one attached hydrogen (secondary N) is 1. The molecule has 1 N–H and O–H groups in total. The Morgan fingerprint density at radius 1 is 1.37 bits per heavy atom. The SMILES string of the molecule is CCCN(CC1CCCCN1)C(=O)CSC(C)(C)C. The van der Waals surface area contributed by atoms with E-state index in [2.05, 4.69) is 37.9 Å². The second-order valence-corrected chi connectivity index (χ2v) is 8.19. The molecule has 19 heavy (non-hydrogen) atoms. The smallest absolute Gasteiger partial charge is 0.232 e. The summed E-state index contributed by atoms with van der Waals surface area (Å²) in [5.74, 6) is 0.907. The van der Waals surface area contributed by atoms with E-state index < -0.39 is 0 Å². The topological polar surface area (TPSA) is 32.3 Å². The van der Waals surface area contributed by atoms with E-state index in [-0.39, 0.29) is 4.75 Å². The first-order chi connectivity index (χ1) is 8.92. The van der Waals surface area contributed by atoms with Crippen molar-refractivity contribution in [1.82, 2.24) is 10.2 Å². The maximum Gasteiger partial charge on any atom is 0.232 e. The quantitative estimate of drug-likeness (QED) is 0.815. The van der Waals surface area contributed by atoms with Gasteiger partial charge in [-0.2, -0.15) is 0 Å². The third kappa shape index (κ3) is 7.21. The number of nitrogens with zero attached hydrogens (tertiary/aromatic N) is 1. The van der Waals surface area contributed by atoms with Gasteiger partial charge in [0, 0.05) is 23.9 Å². The van der Waals surface area contributed by atoms with Crippen LogP contribution in [0.25, 0.3) is 0 Å². The van der Waals surface area contributed by atoms with E-state index in [1.54, 1.807) is 11.8 Å². The molecule has 1 fully saturated rings. The second kappa shape index (κ2) is 8.15. The van der Waals surface area contributed by atoms with Crippen LogP contribution in [-0.4, -0.2) is 47.0 Å².